The third-order valence-corrected chi connectivity index (χ3v) is 5.59. The Morgan fingerprint density at radius 3 is 2.53 bits per heavy atom. The molecule has 0 spiro atoms. The number of likely N-dealkylation sites (tertiary alicyclic amines) is 1. The van der Waals surface area contributed by atoms with Crippen LogP contribution in [0.1, 0.15) is 40.0 Å². The van der Waals surface area contributed by atoms with Gasteiger partial charge in [0.2, 0.25) is 5.91 Å². The molecule has 1 saturated heterocycles. The molecule has 0 saturated carbocycles. The molecule has 2 heterocycles. The summed E-state index contributed by atoms with van der Waals surface area (Å²) < 4.78 is 7.11. The quantitative estimate of drug-likeness (QED) is 0.554. The fraction of sp³-hybridized carbons (Fsp3) is 0.261. The van der Waals surface area contributed by atoms with Gasteiger partial charge in [-0.05, 0) is 43.2 Å². The Hall–Kier alpha value is -3.12. The molecule has 154 valence electrons. The largest absolute Gasteiger partial charge is 0.457 e. The van der Waals surface area contributed by atoms with Crippen LogP contribution in [0.2, 0.25) is 5.15 Å². The summed E-state index contributed by atoms with van der Waals surface area (Å²) in [5.74, 6) is -0.247. The van der Waals surface area contributed by atoms with Crippen LogP contribution in [-0.2, 0) is 22.7 Å². The van der Waals surface area contributed by atoms with E-state index in [1.54, 1.807) is 16.8 Å². The molecule has 1 aromatic heterocycles. The molecule has 1 fully saturated rings. The minimum absolute atomic E-state index is 0.0420. The van der Waals surface area contributed by atoms with Crippen LogP contribution in [0, 0.1) is 6.92 Å². The Kier molecular flexibility index (Phi) is 5.86. The number of carbonyl (C=O) groups excluding carboxylic acids is 2. The number of carbonyl (C=O) groups is 2. The van der Waals surface area contributed by atoms with E-state index in [1.165, 1.54) is 0 Å². The number of rotatable bonds is 6. The predicted molar refractivity (Wildman–Crippen MR) is 114 cm³/mol. The fourth-order valence-electron chi connectivity index (χ4n) is 3.49. The van der Waals surface area contributed by atoms with Crippen molar-refractivity contribution < 1.29 is 14.3 Å². The number of para-hydroxylation sites is 1. The molecule has 7 heteroatoms. The standard InChI is InChI=1S/C23H22ClN3O3/c1-16-20(22(24)27(25-16)19-6-3-2-4-7-19)15-30-23(29)18-11-9-17(10-12-18)14-26-13-5-8-21(26)28/h2-4,6-7,9-12H,5,8,13-15H2,1H3. The molecule has 6 nitrogen and oxygen atoms in total. The van der Waals surface area contributed by atoms with E-state index in [2.05, 4.69) is 5.10 Å². The number of amides is 1. The molecule has 0 unspecified atom stereocenters. The van der Waals surface area contributed by atoms with E-state index in [9.17, 15) is 9.59 Å². The molecule has 0 atom stereocenters. The van der Waals surface area contributed by atoms with Gasteiger partial charge in [0.25, 0.3) is 0 Å². The van der Waals surface area contributed by atoms with Crippen molar-refractivity contribution in [1.82, 2.24) is 14.7 Å². The van der Waals surface area contributed by atoms with Gasteiger partial charge < -0.3 is 9.64 Å². The number of halogens is 1. The molecule has 1 aliphatic rings. The molecule has 0 radical (unpaired) electrons. The zero-order valence-electron chi connectivity index (χ0n) is 16.7. The molecular formula is C23H22ClN3O3. The molecule has 0 N–H and O–H groups in total. The normalized spacial score (nSPS) is 13.7. The number of benzene rings is 2. The molecule has 4 rings (SSSR count). The topological polar surface area (TPSA) is 64.4 Å². The van der Waals surface area contributed by atoms with E-state index in [0.29, 0.717) is 34.9 Å². The monoisotopic (exact) mass is 423 g/mol. The summed E-state index contributed by atoms with van der Waals surface area (Å²) in [4.78, 5) is 26.1. The zero-order chi connectivity index (χ0) is 21.1. The lowest BCUT2D eigenvalue weighted by molar-refractivity contribution is -0.128. The highest BCUT2D eigenvalue weighted by atomic mass is 35.5. The second-order valence-corrected chi connectivity index (χ2v) is 7.65. The van der Waals surface area contributed by atoms with E-state index in [4.69, 9.17) is 16.3 Å². The lowest BCUT2D eigenvalue weighted by Crippen LogP contribution is -2.23. The maximum absolute atomic E-state index is 12.5. The first-order valence-corrected chi connectivity index (χ1v) is 10.2. The molecular weight excluding hydrogens is 402 g/mol. The Morgan fingerprint density at radius 1 is 1.13 bits per heavy atom. The highest BCUT2D eigenvalue weighted by Gasteiger charge is 2.20. The third-order valence-electron chi connectivity index (χ3n) is 5.20. The van der Waals surface area contributed by atoms with Gasteiger partial charge in [-0.15, -0.1) is 0 Å². The van der Waals surface area contributed by atoms with Crippen LogP contribution in [0.5, 0.6) is 0 Å². The minimum atomic E-state index is -0.429. The van der Waals surface area contributed by atoms with Crippen molar-refractivity contribution >= 4 is 23.5 Å². The van der Waals surface area contributed by atoms with E-state index >= 15 is 0 Å². The Balaban J connectivity index is 1.40. The third kappa shape index (κ3) is 4.24. The Labute approximate surface area is 180 Å². The van der Waals surface area contributed by atoms with Crippen LogP contribution in [0.25, 0.3) is 5.69 Å². The number of hydrogen-bond acceptors (Lipinski definition) is 4. The summed E-state index contributed by atoms with van der Waals surface area (Å²) >= 11 is 6.48. The van der Waals surface area contributed by atoms with Gasteiger partial charge in [0, 0.05) is 25.1 Å². The van der Waals surface area contributed by atoms with Gasteiger partial charge in [-0.25, -0.2) is 9.48 Å². The first-order valence-electron chi connectivity index (χ1n) is 9.86. The summed E-state index contributed by atoms with van der Waals surface area (Å²) in [6, 6.07) is 16.7. The van der Waals surface area contributed by atoms with Gasteiger partial charge in [0.15, 0.2) is 0 Å². The minimum Gasteiger partial charge on any atom is -0.457 e. The average Bonchev–Trinajstić information content (AvgIpc) is 3.29. The van der Waals surface area contributed by atoms with E-state index in [1.807, 2.05) is 54.3 Å². The number of nitrogens with zero attached hydrogens (tertiary/aromatic N) is 3. The van der Waals surface area contributed by atoms with Crippen molar-refractivity contribution in [3.05, 3.63) is 82.1 Å². The molecule has 3 aromatic rings. The van der Waals surface area contributed by atoms with Gasteiger partial charge in [0.1, 0.15) is 11.8 Å². The van der Waals surface area contributed by atoms with Crippen LogP contribution in [0.15, 0.2) is 54.6 Å². The molecule has 0 aliphatic carbocycles. The second-order valence-electron chi connectivity index (χ2n) is 7.29. The smallest absolute Gasteiger partial charge is 0.338 e. The van der Waals surface area contributed by atoms with Gasteiger partial charge in [-0.1, -0.05) is 41.9 Å². The van der Waals surface area contributed by atoms with Crippen molar-refractivity contribution in [3.8, 4) is 5.69 Å². The lowest BCUT2D eigenvalue weighted by atomic mass is 10.1. The molecule has 0 bridgehead atoms. The first kappa shape index (κ1) is 20.2. The summed E-state index contributed by atoms with van der Waals surface area (Å²) in [6.45, 7) is 3.24. The predicted octanol–water partition coefficient (Wildman–Crippen LogP) is 4.31. The zero-order valence-corrected chi connectivity index (χ0v) is 17.4. The van der Waals surface area contributed by atoms with E-state index in [0.717, 1.165) is 24.2 Å². The maximum Gasteiger partial charge on any atom is 0.338 e. The van der Waals surface area contributed by atoms with Crippen molar-refractivity contribution in [3.63, 3.8) is 0 Å². The van der Waals surface area contributed by atoms with Crippen LogP contribution in [-0.4, -0.2) is 33.1 Å². The van der Waals surface area contributed by atoms with Gasteiger partial charge >= 0.3 is 5.97 Å². The summed E-state index contributed by atoms with van der Waals surface area (Å²) in [5.41, 5.74) is 3.68. The number of aryl methyl sites for hydroxylation is 1. The van der Waals surface area contributed by atoms with Crippen molar-refractivity contribution in [1.29, 1.82) is 0 Å². The summed E-state index contributed by atoms with van der Waals surface area (Å²) in [5, 5.41) is 4.89. The van der Waals surface area contributed by atoms with Crippen LogP contribution < -0.4 is 0 Å². The van der Waals surface area contributed by atoms with Crippen molar-refractivity contribution in [2.45, 2.75) is 32.9 Å². The van der Waals surface area contributed by atoms with Gasteiger partial charge in [-0.2, -0.15) is 5.10 Å². The first-order chi connectivity index (χ1) is 14.5. The van der Waals surface area contributed by atoms with E-state index < -0.39 is 5.97 Å². The SMILES string of the molecule is Cc1nn(-c2ccccc2)c(Cl)c1COC(=O)c1ccc(CN2CCCC2=O)cc1. The molecule has 2 aromatic carbocycles. The fourth-order valence-corrected chi connectivity index (χ4v) is 3.82. The van der Waals surface area contributed by atoms with E-state index in [-0.39, 0.29) is 12.5 Å². The second kappa shape index (κ2) is 8.71. The van der Waals surface area contributed by atoms with Gasteiger partial charge in [-0.3, -0.25) is 4.79 Å². The summed E-state index contributed by atoms with van der Waals surface area (Å²) in [6.07, 6.45) is 1.53. The molecule has 1 amide bonds. The van der Waals surface area contributed by atoms with Crippen molar-refractivity contribution in [2.75, 3.05) is 6.54 Å². The molecule has 30 heavy (non-hydrogen) atoms. The van der Waals surface area contributed by atoms with Crippen molar-refractivity contribution in [2.24, 2.45) is 0 Å². The Morgan fingerprint density at radius 2 is 1.87 bits per heavy atom. The highest BCUT2D eigenvalue weighted by molar-refractivity contribution is 6.30. The van der Waals surface area contributed by atoms with Crippen LogP contribution in [0.4, 0.5) is 0 Å². The Bertz CT molecular complexity index is 1060. The number of hydrogen-bond donors (Lipinski definition) is 0. The maximum atomic E-state index is 12.5. The number of esters is 1. The van der Waals surface area contributed by atoms with Crippen LogP contribution in [0.3, 0.4) is 0 Å². The highest BCUT2D eigenvalue weighted by Crippen LogP contribution is 2.24. The van der Waals surface area contributed by atoms with Crippen LogP contribution >= 0.6 is 11.6 Å². The van der Waals surface area contributed by atoms with Gasteiger partial charge in [0.05, 0.1) is 16.9 Å². The molecule has 1 aliphatic heterocycles. The summed E-state index contributed by atoms with van der Waals surface area (Å²) in [7, 11) is 0. The number of aromatic nitrogens is 2. The number of ether oxygens (including phenoxy) is 1. The average molecular weight is 424 g/mol. The lowest BCUT2D eigenvalue weighted by Gasteiger charge is -2.15.